The largest absolute Gasteiger partial charge is 0.320 e. The highest BCUT2D eigenvalue weighted by Crippen LogP contribution is 2.28. The van der Waals surface area contributed by atoms with Crippen molar-refractivity contribution in [3.05, 3.63) is 0 Å². The summed E-state index contributed by atoms with van der Waals surface area (Å²) in [5.41, 5.74) is 0.572. The summed E-state index contributed by atoms with van der Waals surface area (Å²) in [5.74, 6) is 0. The Morgan fingerprint density at radius 2 is 1.50 bits per heavy atom. The first-order valence-electron chi connectivity index (χ1n) is 5.33. The highest BCUT2D eigenvalue weighted by Gasteiger charge is 2.17. The van der Waals surface area contributed by atoms with Crippen molar-refractivity contribution in [2.75, 3.05) is 13.6 Å². The maximum absolute atomic E-state index is 3.19. The molecule has 0 aliphatic heterocycles. The summed E-state index contributed by atoms with van der Waals surface area (Å²) in [7, 11) is 2.02. The van der Waals surface area contributed by atoms with Crippen molar-refractivity contribution in [1.82, 2.24) is 5.32 Å². The van der Waals surface area contributed by atoms with Gasteiger partial charge in [-0.15, -0.1) is 0 Å². The van der Waals surface area contributed by atoms with Gasteiger partial charge in [-0.3, -0.25) is 0 Å². The fraction of sp³-hybridized carbons (Fsp3) is 1.00. The second-order valence-corrected chi connectivity index (χ2v) is 3.37. The molecule has 0 aromatic carbocycles. The van der Waals surface area contributed by atoms with E-state index >= 15 is 0 Å². The van der Waals surface area contributed by atoms with Gasteiger partial charge in [-0.1, -0.05) is 47.5 Å². The van der Waals surface area contributed by atoms with Gasteiger partial charge in [0.1, 0.15) is 0 Å². The van der Waals surface area contributed by atoms with Crippen molar-refractivity contribution >= 4 is 0 Å². The Morgan fingerprint density at radius 1 is 1.08 bits per heavy atom. The molecule has 12 heavy (non-hydrogen) atoms. The molecule has 0 fully saturated rings. The van der Waals surface area contributed by atoms with Crippen LogP contribution in [0.25, 0.3) is 0 Å². The number of nitrogens with one attached hydrogen (secondary N) is 1. The molecular formula is C11H27N. The van der Waals surface area contributed by atoms with Crippen LogP contribution in [0.2, 0.25) is 0 Å². The standard InChI is InChI=1S/C9H21N.C2H6/c1-5-9(3,6-2)7-8-10-4;1-2/h10H,5-8H2,1-4H3;1-2H3. The van der Waals surface area contributed by atoms with Crippen LogP contribution in [0.15, 0.2) is 0 Å². The molecule has 0 atom stereocenters. The van der Waals surface area contributed by atoms with Crippen LogP contribution in [0.5, 0.6) is 0 Å². The quantitative estimate of drug-likeness (QED) is 0.671. The smallest absolute Gasteiger partial charge is 0.00467 e. The van der Waals surface area contributed by atoms with Crippen LogP contribution in [-0.2, 0) is 0 Å². The highest BCUT2D eigenvalue weighted by molar-refractivity contribution is 4.70. The number of rotatable bonds is 5. The van der Waals surface area contributed by atoms with E-state index in [0.29, 0.717) is 5.41 Å². The van der Waals surface area contributed by atoms with Crippen LogP contribution >= 0.6 is 0 Å². The molecule has 0 bridgehead atoms. The van der Waals surface area contributed by atoms with Crippen LogP contribution in [0.1, 0.15) is 53.9 Å². The fourth-order valence-electron chi connectivity index (χ4n) is 1.03. The van der Waals surface area contributed by atoms with Gasteiger partial charge >= 0.3 is 0 Å². The third-order valence-electron chi connectivity index (χ3n) is 2.69. The summed E-state index contributed by atoms with van der Waals surface area (Å²) in [6.07, 6.45) is 3.90. The van der Waals surface area contributed by atoms with Crippen molar-refractivity contribution in [2.45, 2.75) is 53.9 Å². The van der Waals surface area contributed by atoms with E-state index in [2.05, 4.69) is 26.1 Å². The van der Waals surface area contributed by atoms with Crippen LogP contribution in [0.4, 0.5) is 0 Å². The lowest BCUT2D eigenvalue weighted by molar-refractivity contribution is 0.271. The zero-order chi connectivity index (χ0) is 10.0. The van der Waals surface area contributed by atoms with E-state index in [0.717, 1.165) is 6.54 Å². The fourth-order valence-corrected chi connectivity index (χ4v) is 1.03. The van der Waals surface area contributed by atoms with E-state index in [1.54, 1.807) is 0 Å². The summed E-state index contributed by atoms with van der Waals surface area (Å²) in [6, 6.07) is 0. The Balaban J connectivity index is 0. The first-order valence-corrected chi connectivity index (χ1v) is 5.33. The van der Waals surface area contributed by atoms with Gasteiger partial charge in [0.05, 0.1) is 0 Å². The zero-order valence-electron chi connectivity index (χ0n) is 9.83. The molecule has 0 aliphatic carbocycles. The minimum atomic E-state index is 0.572. The molecule has 0 unspecified atom stereocenters. The molecule has 1 nitrogen and oxygen atoms in total. The van der Waals surface area contributed by atoms with Crippen LogP contribution in [0.3, 0.4) is 0 Å². The lowest BCUT2D eigenvalue weighted by Crippen LogP contribution is -2.20. The average Bonchev–Trinajstić information content (AvgIpc) is 2.17. The van der Waals surface area contributed by atoms with E-state index in [1.807, 2.05) is 20.9 Å². The zero-order valence-corrected chi connectivity index (χ0v) is 9.83. The van der Waals surface area contributed by atoms with E-state index in [1.165, 1.54) is 19.3 Å². The van der Waals surface area contributed by atoms with Gasteiger partial charge in [-0.05, 0) is 25.4 Å². The first-order chi connectivity index (χ1) is 5.68. The lowest BCUT2D eigenvalue weighted by atomic mass is 9.81. The summed E-state index contributed by atoms with van der Waals surface area (Å²) in [4.78, 5) is 0. The molecule has 0 amide bonds. The Morgan fingerprint density at radius 3 is 1.75 bits per heavy atom. The van der Waals surface area contributed by atoms with Gasteiger partial charge in [0, 0.05) is 0 Å². The van der Waals surface area contributed by atoms with Gasteiger partial charge in [-0.25, -0.2) is 0 Å². The monoisotopic (exact) mass is 173 g/mol. The van der Waals surface area contributed by atoms with Crippen LogP contribution < -0.4 is 5.32 Å². The SMILES string of the molecule is CC.CCC(C)(CC)CCNC. The molecule has 0 saturated carbocycles. The molecule has 0 heterocycles. The third kappa shape index (κ3) is 6.66. The molecule has 0 aliphatic rings. The minimum absolute atomic E-state index is 0.572. The Hall–Kier alpha value is -0.0400. The van der Waals surface area contributed by atoms with Crippen LogP contribution in [-0.4, -0.2) is 13.6 Å². The molecule has 1 N–H and O–H groups in total. The molecule has 0 aromatic heterocycles. The second-order valence-electron chi connectivity index (χ2n) is 3.37. The first kappa shape index (κ1) is 14.5. The molecule has 76 valence electrons. The molecule has 1 heteroatoms. The topological polar surface area (TPSA) is 12.0 Å². The molecule has 0 aromatic rings. The Labute approximate surface area is 78.9 Å². The number of hydrogen-bond donors (Lipinski definition) is 1. The molecular weight excluding hydrogens is 146 g/mol. The predicted octanol–water partition coefficient (Wildman–Crippen LogP) is 3.45. The summed E-state index contributed by atoms with van der Waals surface area (Å²) >= 11 is 0. The predicted molar refractivity (Wildman–Crippen MR) is 58.6 cm³/mol. The maximum Gasteiger partial charge on any atom is -0.00467 e. The van der Waals surface area contributed by atoms with Gasteiger partial charge in [0.15, 0.2) is 0 Å². The van der Waals surface area contributed by atoms with E-state index in [4.69, 9.17) is 0 Å². The van der Waals surface area contributed by atoms with Gasteiger partial charge in [-0.2, -0.15) is 0 Å². The Bertz CT molecular complexity index is 75.1. The normalized spacial score (nSPS) is 10.5. The van der Waals surface area contributed by atoms with Crippen LogP contribution in [0, 0.1) is 5.41 Å². The average molecular weight is 173 g/mol. The summed E-state index contributed by atoms with van der Waals surface area (Å²) in [6.45, 7) is 12.1. The van der Waals surface area contributed by atoms with E-state index in [-0.39, 0.29) is 0 Å². The van der Waals surface area contributed by atoms with Crippen molar-refractivity contribution in [2.24, 2.45) is 5.41 Å². The van der Waals surface area contributed by atoms with Crippen molar-refractivity contribution < 1.29 is 0 Å². The molecule has 0 rings (SSSR count). The summed E-state index contributed by atoms with van der Waals surface area (Å²) in [5, 5.41) is 3.19. The van der Waals surface area contributed by atoms with Crippen molar-refractivity contribution in [3.8, 4) is 0 Å². The lowest BCUT2D eigenvalue weighted by Gasteiger charge is -2.26. The van der Waals surface area contributed by atoms with E-state index in [9.17, 15) is 0 Å². The van der Waals surface area contributed by atoms with Gasteiger partial charge < -0.3 is 5.32 Å². The minimum Gasteiger partial charge on any atom is -0.320 e. The van der Waals surface area contributed by atoms with Crippen molar-refractivity contribution in [1.29, 1.82) is 0 Å². The highest BCUT2D eigenvalue weighted by atomic mass is 14.8. The Kier molecular flexibility index (Phi) is 10.9. The summed E-state index contributed by atoms with van der Waals surface area (Å²) < 4.78 is 0. The third-order valence-corrected chi connectivity index (χ3v) is 2.69. The molecule has 0 spiro atoms. The second kappa shape index (κ2) is 9.05. The van der Waals surface area contributed by atoms with Gasteiger partial charge in [0.25, 0.3) is 0 Å². The van der Waals surface area contributed by atoms with Gasteiger partial charge in [0.2, 0.25) is 0 Å². The van der Waals surface area contributed by atoms with Crippen molar-refractivity contribution in [3.63, 3.8) is 0 Å². The maximum atomic E-state index is 3.19. The molecule has 0 radical (unpaired) electrons. The van der Waals surface area contributed by atoms with E-state index < -0.39 is 0 Å². The molecule has 0 saturated heterocycles. The number of hydrogen-bond acceptors (Lipinski definition) is 1.